The van der Waals surface area contributed by atoms with Crippen LogP contribution in [0.25, 0.3) is 5.69 Å². The molecule has 0 fully saturated rings. The summed E-state index contributed by atoms with van der Waals surface area (Å²) >= 11 is 0. The van der Waals surface area contributed by atoms with Crippen LogP contribution in [0.1, 0.15) is 27.3 Å². The van der Waals surface area contributed by atoms with Crippen LogP contribution in [0.3, 0.4) is 0 Å². The molecule has 1 heterocycles. The smallest absolute Gasteiger partial charge is 0.340 e. The Kier molecular flexibility index (Phi) is 5.89. The number of rotatable bonds is 6. The summed E-state index contributed by atoms with van der Waals surface area (Å²) in [5.74, 6) is -1.27. The van der Waals surface area contributed by atoms with E-state index in [0.29, 0.717) is 17.8 Å². The van der Waals surface area contributed by atoms with Crippen LogP contribution in [0, 0.1) is 19.7 Å². The molecule has 3 rings (SSSR count). The van der Waals surface area contributed by atoms with Crippen molar-refractivity contribution < 1.29 is 18.7 Å². The number of carbonyl (C=O) groups is 2. The largest absolute Gasteiger partial charge is 0.452 e. The molecule has 0 aliphatic carbocycles. The summed E-state index contributed by atoms with van der Waals surface area (Å²) < 4.78 is 20.2. The number of benzene rings is 2. The molecule has 1 aromatic heterocycles. The summed E-state index contributed by atoms with van der Waals surface area (Å²) in [6.45, 7) is 3.64. The van der Waals surface area contributed by atoms with Crippen molar-refractivity contribution in [1.82, 2.24) is 9.88 Å². The lowest BCUT2D eigenvalue weighted by atomic mass is 10.2. The van der Waals surface area contributed by atoms with E-state index in [1.807, 2.05) is 41.8 Å². The normalized spacial score (nSPS) is 10.5. The molecule has 0 radical (unpaired) electrons. The summed E-state index contributed by atoms with van der Waals surface area (Å²) in [6.07, 6.45) is 0. The van der Waals surface area contributed by atoms with Crippen molar-refractivity contribution in [3.05, 3.63) is 89.0 Å². The molecular weight excluding hydrogens is 359 g/mol. The number of nitrogens with one attached hydrogen (secondary N) is 1. The molecule has 0 spiro atoms. The van der Waals surface area contributed by atoms with Gasteiger partial charge in [0.2, 0.25) is 0 Å². The molecule has 2 aromatic carbocycles. The average molecular weight is 380 g/mol. The molecule has 144 valence electrons. The van der Waals surface area contributed by atoms with E-state index in [9.17, 15) is 14.0 Å². The molecule has 1 N–H and O–H groups in total. The Morgan fingerprint density at radius 3 is 2.39 bits per heavy atom. The summed E-state index contributed by atoms with van der Waals surface area (Å²) in [5, 5.41) is 2.71. The van der Waals surface area contributed by atoms with Crippen LogP contribution < -0.4 is 5.32 Å². The second-order valence-electron chi connectivity index (χ2n) is 6.44. The Bertz CT molecular complexity index is 979. The lowest BCUT2D eigenvalue weighted by molar-refractivity contribution is -0.124. The number of amides is 1. The predicted molar refractivity (Wildman–Crippen MR) is 104 cm³/mol. The first-order valence-corrected chi connectivity index (χ1v) is 8.88. The van der Waals surface area contributed by atoms with Gasteiger partial charge < -0.3 is 14.6 Å². The molecule has 0 aliphatic heterocycles. The molecule has 5 nitrogen and oxygen atoms in total. The van der Waals surface area contributed by atoms with E-state index in [-0.39, 0.29) is 18.3 Å². The van der Waals surface area contributed by atoms with Gasteiger partial charge in [-0.15, -0.1) is 0 Å². The molecule has 0 bridgehead atoms. The van der Waals surface area contributed by atoms with Crippen LogP contribution in [-0.2, 0) is 16.1 Å². The van der Waals surface area contributed by atoms with Gasteiger partial charge in [-0.2, -0.15) is 0 Å². The van der Waals surface area contributed by atoms with Gasteiger partial charge >= 0.3 is 5.97 Å². The number of halogens is 1. The van der Waals surface area contributed by atoms with Crippen molar-refractivity contribution in [3.8, 4) is 5.69 Å². The molecule has 6 heteroatoms. The lowest BCUT2D eigenvalue weighted by Gasteiger charge is -2.10. The van der Waals surface area contributed by atoms with Crippen molar-refractivity contribution in [2.45, 2.75) is 20.4 Å². The molecule has 0 aliphatic rings. The van der Waals surface area contributed by atoms with Crippen LogP contribution in [0.2, 0.25) is 0 Å². The zero-order valence-electron chi connectivity index (χ0n) is 15.7. The third-order valence-corrected chi connectivity index (χ3v) is 4.40. The van der Waals surface area contributed by atoms with Gasteiger partial charge in [0.15, 0.2) is 6.61 Å². The average Bonchev–Trinajstić information content (AvgIpc) is 3.00. The van der Waals surface area contributed by atoms with Crippen LogP contribution in [0.4, 0.5) is 4.39 Å². The second kappa shape index (κ2) is 8.52. The third kappa shape index (κ3) is 4.46. The Morgan fingerprint density at radius 1 is 1.04 bits per heavy atom. The fourth-order valence-electron chi connectivity index (χ4n) is 3.01. The van der Waals surface area contributed by atoms with Gasteiger partial charge in [0.05, 0.1) is 5.56 Å². The zero-order valence-corrected chi connectivity index (χ0v) is 15.7. The third-order valence-electron chi connectivity index (χ3n) is 4.40. The van der Waals surface area contributed by atoms with Gasteiger partial charge in [-0.25, -0.2) is 9.18 Å². The van der Waals surface area contributed by atoms with Crippen LogP contribution in [0.5, 0.6) is 0 Å². The fraction of sp³-hybridized carbons (Fsp3) is 0.182. The van der Waals surface area contributed by atoms with E-state index >= 15 is 0 Å². The first-order valence-electron chi connectivity index (χ1n) is 8.88. The van der Waals surface area contributed by atoms with Gasteiger partial charge in [0, 0.05) is 23.6 Å². The first kappa shape index (κ1) is 19.4. The molecule has 0 saturated heterocycles. The topological polar surface area (TPSA) is 60.3 Å². The summed E-state index contributed by atoms with van der Waals surface area (Å²) in [5.41, 5.74) is 3.56. The second-order valence-corrected chi connectivity index (χ2v) is 6.44. The number of aromatic nitrogens is 1. The molecule has 0 saturated carbocycles. The maximum atomic E-state index is 13.2. The van der Waals surface area contributed by atoms with E-state index in [0.717, 1.165) is 16.9 Å². The van der Waals surface area contributed by atoms with Crippen molar-refractivity contribution in [2.75, 3.05) is 6.61 Å². The summed E-state index contributed by atoms with van der Waals surface area (Å²) in [6, 6.07) is 17.2. The van der Waals surface area contributed by atoms with E-state index in [1.165, 1.54) is 12.1 Å². The fourth-order valence-corrected chi connectivity index (χ4v) is 3.01. The number of aryl methyl sites for hydroxylation is 1. The predicted octanol–water partition coefficient (Wildman–Crippen LogP) is 3.71. The maximum Gasteiger partial charge on any atom is 0.340 e. The minimum Gasteiger partial charge on any atom is -0.452 e. The first-order chi connectivity index (χ1) is 13.5. The Labute approximate surface area is 162 Å². The molecule has 0 atom stereocenters. The summed E-state index contributed by atoms with van der Waals surface area (Å²) in [7, 11) is 0. The molecule has 28 heavy (non-hydrogen) atoms. The van der Waals surface area contributed by atoms with Crippen LogP contribution in [-0.4, -0.2) is 23.1 Å². The monoisotopic (exact) mass is 380 g/mol. The van der Waals surface area contributed by atoms with Gasteiger partial charge in [0.1, 0.15) is 5.82 Å². The van der Waals surface area contributed by atoms with E-state index in [1.54, 1.807) is 25.1 Å². The maximum absolute atomic E-state index is 13.2. The number of hydrogen-bond donors (Lipinski definition) is 1. The number of ether oxygens (including phenoxy) is 1. The van der Waals surface area contributed by atoms with Gasteiger partial charge in [0.25, 0.3) is 5.91 Å². The minimum absolute atomic E-state index is 0.327. The number of esters is 1. The highest BCUT2D eigenvalue weighted by molar-refractivity contribution is 5.93. The highest BCUT2D eigenvalue weighted by Gasteiger charge is 2.19. The zero-order chi connectivity index (χ0) is 20.1. The number of nitrogens with zero attached hydrogens (tertiary/aromatic N) is 1. The van der Waals surface area contributed by atoms with Crippen LogP contribution in [0.15, 0.2) is 60.7 Å². The number of carbonyl (C=O) groups excluding carboxylic acids is 2. The van der Waals surface area contributed by atoms with Crippen molar-refractivity contribution in [2.24, 2.45) is 0 Å². The Morgan fingerprint density at radius 2 is 1.71 bits per heavy atom. The quantitative estimate of drug-likeness (QED) is 0.663. The number of hydrogen-bond acceptors (Lipinski definition) is 3. The van der Waals surface area contributed by atoms with E-state index in [4.69, 9.17) is 4.74 Å². The summed E-state index contributed by atoms with van der Waals surface area (Å²) in [4.78, 5) is 24.4. The van der Waals surface area contributed by atoms with E-state index < -0.39 is 5.97 Å². The van der Waals surface area contributed by atoms with Gasteiger partial charge in [-0.1, -0.05) is 30.3 Å². The highest BCUT2D eigenvalue weighted by atomic mass is 19.1. The van der Waals surface area contributed by atoms with Gasteiger partial charge in [-0.3, -0.25) is 4.79 Å². The Balaban J connectivity index is 1.62. The van der Waals surface area contributed by atoms with E-state index in [2.05, 4.69) is 5.32 Å². The van der Waals surface area contributed by atoms with Crippen molar-refractivity contribution in [1.29, 1.82) is 0 Å². The standard InChI is InChI=1S/C22H21FN2O3/c1-15-12-20(16(2)25(15)19-10-8-18(23)9-11-19)22(27)28-14-21(26)24-13-17-6-4-3-5-7-17/h3-12H,13-14H2,1-2H3,(H,24,26). The molecular formula is C22H21FN2O3. The van der Waals surface area contributed by atoms with Crippen molar-refractivity contribution >= 4 is 11.9 Å². The minimum atomic E-state index is -0.573. The molecule has 1 amide bonds. The highest BCUT2D eigenvalue weighted by Crippen LogP contribution is 2.21. The van der Waals surface area contributed by atoms with Crippen molar-refractivity contribution in [3.63, 3.8) is 0 Å². The van der Waals surface area contributed by atoms with Crippen LogP contribution >= 0.6 is 0 Å². The molecule has 0 unspecified atom stereocenters. The SMILES string of the molecule is Cc1cc(C(=O)OCC(=O)NCc2ccccc2)c(C)n1-c1ccc(F)cc1. The Hall–Kier alpha value is -3.41. The lowest BCUT2D eigenvalue weighted by Crippen LogP contribution is -2.28. The molecule has 3 aromatic rings. The van der Waals surface area contributed by atoms with Gasteiger partial charge in [-0.05, 0) is 49.7 Å².